The van der Waals surface area contributed by atoms with Crippen LogP contribution in [0.15, 0.2) is 48.5 Å². The number of ether oxygens (including phenoxy) is 3. The van der Waals surface area contributed by atoms with Crippen LogP contribution in [0.4, 0.5) is 0 Å². The minimum absolute atomic E-state index is 0.230. The highest BCUT2D eigenvalue weighted by molar-refractivity contribution is 5.79. The molecule has 132 valence electrons. The fraction of sp³-hybridized carbons (Fsp3) is 0.381. The molecule has 0 aliphatic carbocycles. The van der Waals surface area contributed by atoms with Gasteiger partial charge in [-0.2, -0.15) is 0 Å². The lowest BCUT2D eigenvalue weighted by atomic mass is 10.00. The summed E-state index contributed by atoms with van der Waals surface area (Å²) in [6.07, 6.45) is 2.36. The van der Waals surface area contributed by atoms with E-state index in [1.807, 2.05) is 48.5 Å². The average molecular weight is 340 g/mol. The Morgan fingerprint density at radius 2 is 1.92 bits per heavy atom. The first kappa shape index (κ1) is 17.5. The second-order valence-corrected chi connectivity index (χ2v) is 6.18. The summed E-state index contributed by atoms with van der Waals surface area (Å²) >= 11 is 0. The number of hydrogen-bond donors (Lipinski definition) is 0. The molecule has 0 amide bonds. The van der Waals surface area contributed by atoms with Crippen molar-refractivity contribution in [3.63, 3.8) is 0 Å². The Balaban J connectivity index is 1.69. The van der Waals surface area contributed by atoms with E-state index in [0.29, 0.717) is 6.61 Å². The van der Waals surface area contributed by atoms with Crippen LogP contribution in [0.5, 0.6) is 5.75 Å². The molecule has 1 aliphatic heterocycles. The van der Waals surface area contributed by atoms with Crippen molar-refractivity contribution in [2.24, 2.45) is 0 Å². The number of carbonyl (C=O) groups is 1. The predicted octanol–water partition coefficient (Wildman–Crippen LogP) is 4.54. The van der Waals surface area contributed by atoms with Gasteiger partial charge < -0.3 is 14.2 Å². The third-order valence-corrected chi connectivity index (χ3v) is 4.35. The molecular weight excluding hydrogens is 316 g/mol. The Bertz CT molecular complexity index is 711. The highest BCUT2D eigenvalue weighted by atomic mass is 16.6. The molecule has 0 aromatic heterocycles. The van der Waals surface area contributed by atoms with Crippen molar-refractivity contribution in [3.8, 4) is 16.9 Å². The lowest BCUT2D eigenvalue weighted by Crippen LogP contribution is -2.13. The summed E-state index contributed by atoms with van der Waals surface area (Å²) < 4.78 is 16.3. The number of benzene rings is 2. The van der Waals surface area contributed by atoms with Gasteiger partial charge in [0.1, 0.15) is 11.9 Å². The number of unbranched alkanes of at least 4 members (excludes halogenated alkanes) is 2. The van der Waals surface area contributed by atoms with Crippen LogP contribution in [0.1, 0.15) is 37.9 Å². The Kier molecular flexibility index (Phi) is 5.71. The Morgan fingerprint density at radius 1 is 1.12 bits per heavy atom. The van der Waals surface area contributed by atoms with Gasteiger partial charge in [0.25, 0.3) is 0 Å². The third-order valence-electron chi connectivity index (χ3n) is 4.35. The molecule has 2 aromatic rings. The van der Waals surface area contributed by atoms with E-state index in [1.54, 1.807) is 7.11 Å². The quantitative estimate of drug-likeness (QED) is 0.402. The van der Waals surface area contributed by atoms with Gasteiger partial charge in [-0.3, -0.25) is 0 Å². The molecule has 4 heteroatoms. The maximum atomic E-state index is 12.1. The molecule has 25 heavy (non-hydrogen) atoms. The van der Waals surface area contributed by atoms with Crippen LogP contribution >= 0.6 is 0 Å². The largest absolute Gasteiger partial charge is 0.496 e. The molecule has 0 N–H and O–H groups in total. The van der Waals surface area contributed by atoms with E-state index in [9.17, 15) is 4.79 Å². The van der Waals surface area contributed by atoms with Crippen LogP contribution in [0.2, 0.25) is 0 Å². The molecule has 2 atom stereocenters. The van der Waals surface area contributed by atoms with Crippen molar-refractivity contribution in [1.29, 1.82) is 0 Å². The van der Waals surface area contributed by atoms with Gasteiger partial charge in [-0.05, 0) is 29.7 Å². The lowest BCUT2D eigenvalue weighted by molar-refractivity contribution is -0.145. The highest BCUT2D eigenvalue weighted by Crippen LogP contribution is 2.42. The molecule has 2 aromatic carbocycles. The molecule has 0 bridgehead atoms. The summed E-state index contributed by atoms with van der Waals surface area (Å²) in [4.78, 5) is 12.1. The summed E-state index contributed by atoms with van der Waals surface area (Å²) in [5.74, 6) is 0.535. The predicted molar refractivity (Wildman–Crippen MR) is 96.5 cm³/mol. The molecule has 1 aliphatic rings. The summed E-state index contributed by atoms with van der Waals surface area (Å²) in [6, 6.07) is 15.9. The number of epoxide rings is 1. The zero-order valence-electron chi connectivity index (χ0n) is 14.7. The Hall–Kier alpha value is -2.33. The average Bonchev–Trinajstić information content (AvgIpc) is 3.46. The second-order valence-electron chi connectivity index (χ2n) is 6.18. The zero-order valence-corrected chi connectivity index (χ0v) is 14.7. The van der Waals surface area contributed by atoms with Crippen LogP contribution in [0, 0.1) is 0 Å². The van der Waals surface area contributed by atoms with E-state index in [2.05, 4.69) is 6.92 Å². The molecule has 0 saturated carbocycles. The Morgan fingerprint density at radius 3 is 2.64 bits per heavy atom. The van der Waals surface area contributed by atoms with Crippen molar-refractivity contribution >= 4 is 5.97 Å². The van der Waals surface area contributed by atoms with E-state index in [0.717, 1.165) is 41.7 Å². The SMILES string of the molecule is CCCCCOC(=O)C1OC1c1ccc(OC)c(-c2ccccc2)c1. The van der Waals surface area contributed by atoms with Gasteiger partial charge in [0, 0.05) is 5.56 Å². The minimum atomic E-state index is -0.487. The smallest absolute Gasteiger partial charge is 0.338 e. The molecular formula is C21H24O4. The molecule has 1 fully saturated rings. The maximum Gasteiger partial charge on any atom is 0.338 e. The lowest BCUT2D eigenvalue weighted by Gasteiger charge is -2.10. The zero-order chi connectivity index (χ0) is 17.6. The van der Waals surface area contributed by atoms with E-state index in [1.165, 1.54) is 0 Å². The monoisotopic (exact) mass is 340 g/mol. The minimum Gasteiger partial charge on any atom is -0.496 e. The van der Waals surface area contributed by atoms with Crippen LogP contribution in [0.25, 0.3) is 11.1 Å². The van der Waals surface area contributed by atoms with Gasteiger partial charge in [-0.15, -0.1) is 0 Å². The summed E-state index contributed by atoms with van der Waals surface area (Å²) in [7, 11) is 1.66. The third kappa shape index (κ3) is 4.20. The van der Waals surface area contributed by atoms with Crippen LogP contribution in [-0.4, -0.2) is 25.8 Å². The van der Waals surface area contributed by atoms with E-state index >= 15 is 0 Å². The maximum absolute atomic E-state index is 12.1. The van der Waals surface area contributed by atoms with Crippen molar-refractivity contribution < 1.29 is 19.0 Å². The standard InChI is InChI=1S/C21H24O4/c1-3-4-8-13-24-21(22)20-19(25-20)16-11-12-18(23-2)17(14-16)15-9-6-5-7-10-15/h5-7,9-12,14,19-20H,3-4,8,13H2,1-2H3. The van der Waals surface area contributed by atoms with Crippen molar-refractivity contribution in [3.05, 3.63) is 54.1 Å². The topological polar surface area (TPSA) is 48.1 Å². The summed E-state index contributed by atoms with van der Waals surface area (Å²) in [6.45, 7) is 2.59. The van der Waals surface area contributed by atoms with Crippen molar-refractivity contribution in [1.82, 2.24) is 0 Å². The van der Waals surface area contributed by atoms with Gasteiger partial charge in [0.2, 0.25) is 0 Å². The van der Waals surface area contributed by atoms with E-state index in [4.69, 9.17) is 14.2 Å². The van der Waals surface area contributed by atoms with Crippen molar-refractivity contribution in [2.45, 2.75) is 38.4 Å². The molecule has 3 rings (SSSR count). The first-order chi connectivity index (χ1) is 12.2. The van der Waals surface area contributed by atoms with E-state index in [-0.39, 0.29) is 12.1 Å². The van der Waals surface area contributed by atoms with Crippen molar-refractivity contribution in [2.75, 3.05) is 13.7 Å². The normalized spacial score (nSPS) is 18.6. The van der Waals surface area contributed by atoms with E-state index < -0.39 is 6.10 Å². The Labute approximate surface area is 148 Å². The first-order valence-corrected chi connectivity index (χ1v) is 8.80. The summed E-state index contributed by atoms with van der Waals surface area (Å²) in [5.41, 5.74) is 3.03. The van der Waals surface area contributed by atoms with Gasteiger partial charge in [-0.1, -0.05) is 56.2 Å². The fourth-order valence-electron chi connectivity index (χ4n) is 2.90. The highest BCUT2D eigenvalue weighted by Gasteiger charge is 2.47. The molecule has 0 spiro atoms. The molecule has 4 nitrogen and oxygen atoms in total. The number of esters is 1. The number of hydrogen-bond acceptors (Lipinski definition) is 4. The summed E-state index contributed by atoms with van der Waals surface area (Å²) in [5, 5.41) is 0. The van der Waals surface area contributed by atoms with Gasteiger partial charge in [0.05, 0.1) is 13.7 Å². The van der Waals surface area contributed by atoms with Crippen LogP contribution < -0.4 is 4.74 Å². The number of methoxy groups -OCH3 is 1. The van der Waals surface area contributed by atoms with Crippen LogP contribution in [0.3, 0.4) is 0 Å². The molecule has 2 unspecified atom stereocenters. The molecule has 1 heterocycles. The van der Waals surface area contributed by atoms with Gasteiger partial charge >= 0.3 is 5.97 Å². The number of rotatable bonds is 8. The van der Waals surface area contributed by atoms with Crippen LogP contribution in [-0.2, 0) is 14.3 Å². The fourth-order valence-corrected chi connectivity index (χ4v) is 2.90. The second kappa shape index (κ2) is 8.17. The first-order valence-electron chi connectivity index (χ1n) is 8.80. The van der Waals surface area contributed by atoms with Gasteiger partial charge in [-0.25, -0.2) is 4.79 Å². The molecule has 0 radical (unpaired) electrons. The van der Waals surface area contributed by atoms with Gasteiger partial charge in [0.15, 0.2) is 6.10 Å². The number of carbonyl (C=O) groups excluding carboxylic acids is 1. The molecule has 1 saturated heterocycles.